The normalized spacial score (nSPS) is 11.9. The number of hydrogen-bond acceptors (Lipinski definition) is 29. The van der Waals surface area contributed by atoms with Crippen LogP contribution in [-0.4, -0.2) is 143 Å². The van der Waals surface area contributed by atoms with Crippen LogP contribution in [0.3, 0.4) is 0 Å². The molecule has 9 aromatic carbocycles. The first-order valence-electron chi connectivity index (χ1n) is 20.2. The van der Waals surface area contributed by atoms with Crippen LogP contribution in [0.25, 0.3) is 98.4 Å². The van der Waals surface area contributed by atoms with Crippen LogP contribution < -0.4 is 0 Å². The summed E-state index contributed by atoms with van der Waals surface area (Å²) < 4.78 is 5.46. The third kappa shape index (κ3) is 5.20. The average molecular weight is 1040 g/mol. The minimum absolute atomic E-state index is 1.05. The second-order valence-corrected chi connectivity index (χ2v) is 16.5. The van der Waals surface area contributed by atoms with Gasteiger partial charge in [-0.3, -0.25) is 0 Å². The van der Waals surface area contributed by atoms with Gasteiger partial charge in [-0.25, -0.2) is 0 Å². The molecule has 10 rings (SSSR count). The third-order valence-corrected chi connectivity index (χ3v) is 12.9. The highest BCUT2D eigenvalue weighted by Gasteiger charge is 2.41. The first-order valence-corrected chi connectivity index (χ1v) is 20.2. The van der Waals surface area contributed by atoms with E-state index < -0.39 is 259 Å². The molecule has 0 aliphatic carbocycles. The fraction of sp³-hybridized carbons (Fsp3) is 0. The third-order valence-electron chi connectivity index (χ3n) is 12.9. The highest BCUT2D eigenvalue weighted by atomic mass is 16.4. The second-order valence-electron chi connectivity index (χ2n) is 16.5. The van der Waals surface area contributed by atoms with Gasteiger partial charge in [-0.2, -0.15) is 0 Å². The molecular formula is C46H28O29. The van der Waals surface area contributed by atoms with E-state index in [-0.39, 0.29) is 0 Å². The van der Waals surface area contributed by atoms with Crippen molar-refractivity contribution in [3.8, 4) is 194 Å². The number of phenolic OH excluding ortho intramolecular Hbond substituents is 28. The molecule has 0 unspecified atom stereocenters. The first kappa shape index (κ1) is 46.9. The van der Waals surface area contributed by atoms with E-state index in [1.165, 1.54) is 0 Å². The molecule has 0 fully saturated rings. The number of rotatable bonds is 3. The lowest BCUT2D eigenvalue weighted by molar-refractivity contribution is 0.329. The van der Waals surface area contributed by atoms with Crippen molar-refractivity contribution in [1.29, 1.82) is 0 Å². The van der Waals surface area contributed by atoms with Gasteiger partial charge in [0.05, 0.1) is 43.6 Å². The number of aromatic hydroxyl groups is 28. The molecule has 0 saturated carbocycles. The van der Waals surface area contributed by atoms with Crippen molar-refractivity contribution in [1.82, 2.24) is 0 Å². The van der Waals surface area contributed by atoms with Crippen LogP contribution in [0.1, 0.15) is 0 Å². The maximum absolute atomic E-state index is 12.4. The first-order chi connectivity index (χ1) is 35.0. The highest BCUT2D eigenvalue weighted by Crippen LogP contribution is 2.70. The van der Waals surface area contributed by atoms with Gasteiger partial charge in [0.2, 0.25) is 69.0 Å². The van der Waals surface area contributed by atoms with Crippen molar-refractivity contribution in [2.24, 2.45) is 0 Å². The molecular weight excluding hydrogens is 1020 g/mol. The van der Waals surface area contributed by atoms with E-state index in [0.29, 0.717) is 0 Å². The van der Waals surface area contributed by atoms with Crippen LogP contribution in [0.15, 0.2) is 4.42 Å². The molecule has 0 aliphatic heterocycles. The molecule has 75 heavy (non-hydrogen) atoms. The van der Waals surface area contributed by atoms with Crippen molar-refractivity contribution in [2.75, 3.05) is 0 Å². The van der Waals surface area contributed by atoms with Gasteiger partial charge in [-0.05, 0) is 0 Å². The van der Waals surface area contributed by atoms with Gasteiger partial charge in [-0.15, -0.1) is 0 Å². The summed E-state index contributed by atoms with van der Waals surface area (Å²) in [6.45, 7) is 0. The predicted octanol–water partition coefficient (Wildman–Crippen LogP) is 4.96. The topological polar surface area (TPSA) is 580 Å². The molecule has 0 spiro atoms. The zero-order valence-corrected chi connectivity index (χ0v) is 35.9. The van der Waals surface area contributed by atoms with Crippen LogP contribution >= 0.6 is 0 Å². The Morgan fingerprint density at radius 3 is 0.707 bits per heavy atom. The molecule has 0 aliphatic rings. The summed E-state index contributed by atoms with van der Waals surface area (Å²) in [5, 5.41) is 302. The summed E-state index contributed by atoms with van der Waals surface area (Å²) in [7, 11) is 0. The molecule has 0 radical (unpaired) electrons. The molecule has 1 aromatic heterocycles. The Morgan fingerprint density at radius 1 is 0.120 bits per heavy atom. The highest BCUT2D eigenvalue weighted by molar-refractivity contribution is 6.33. The van der Waals surface area contributed by atoms with Gasteiger partial charge in [0.25, 0.3) is 0 Å². The van der Waals surface area contributed by atoms with Crippen LogP contribution in [0.5, 0.6) is 161 Å². The summed E-state index contributed by atoms with van der Waals surface area (Å²) >= 11 is 0. The summed E-state index contributed by atoms with van der Waals surface area (Å²) in [5.41, 5.74) is -11.5. The minimum Gasteiger partial charge on any atom is -0.506 e. The number of phenols is 28. The number of furan rings is 1. The Morgan fingerprint density at radius 2 is 0.333 bits per heavy atom. The van der Waals surface area contributed by atoms with Crippen molar-refractivity contribution in [3.05, 3.63) is 0 Å². The van der Waals surface area contributed by atoms with E-state index in [1.807, 2.05) is 0 Å². The van der Waals surface area contributed by atoms with E-state index in [4.69, 9.17) is 4.42 Å². The second kappa shape index (κ2) is 14.4. The Labute approximate surface area is 406 Å². The molecule has 29 nitrogen and oxygen atoms in total. The van der Waals surface area contributed by atoms with Gasteiger partial charge in [0.1, 0.15) is 23.0 Å². The van der Waals surface area contributed by atoms with Crippen molar-refractivity contribution >= 4 is 65.0 Å². The van der Waals surface area contributed by atoms with E-state index in [9.17, 15) is 143 Å². The van der Waals surface area contributed by atoms with E-state index >= 15 is 0 Å². The largest absolute Gasteiger partial charge is 0.506 e. The van der Waals surface area contributed by atoms with Crippen LogP contribution in [-0.2, 0) is 0 Å². The molecule has 0 atom stereocenters. The molecule has 10 aromatic rings. The number of benzene rings is 9. The van der Waals surface area contributed by atoms with Gasteiger partial charge in [0.15, 0.2) is 80.2 Å². The predicted molar refractivity (Wildman–Crippen MR) is 247 cm³/mol. The molecule has 0 bridgehead atoms. The van der Waals surface area contributed by atoms with Gasteiger partial charge < -0.3 is 147 Å². The molecule has 29 heteroatoms. The Kier molecular flexibility index (Phi) is 9.01. The summed E-state index contributed by atoms with van der Waals surface area (Å²) in [5.74, 6) is -47.5. The van der Waals surface area contributed by atoms with Gasteiger partial charge in [-0.1, -0.05) is 0 Å². The Balaban J connectivity index is 1.54. The average Bonchev–Trinajstić information content (AvgIpc) is 3.80. The fourth-order valence-electron chi connectivity index (χ4n) is 9.49. The maximum Gasteiger partial charge on any atom is 0.208 e. The smallest absolute Gasteiger partial charge is 0.208 e. The van der Waals surface area contributed by atoms with Crippen molar-refractivity contribution in [3.63, 3.8) is 0 Å². The Hall–Kier alpha value is -11.8. The zero-order chi connectivity index (χ0) is 55.3. The lowest BCUT2D eigenvalue weighted by atomic mass is 9.80. The van der Waals surface area contributed by atoms with Crippen molar-refractivity contribution in [2.45, 2.75) is 0 Å². The molecule has 28 N–H and O–H groups in total. The summed E-state index contributed by atoms with van der Waals surface area (Å²) in [6, 6.07) is 0. The van der Waals surface area contributed by atoms with Crippen LogP contribution in [0.4, 0.5) is 0 Å². The van der Waals surface area contributed by atoms with E-state index in [2.05, 4.69) is 0 Å². The SMILES string of the molecule is Oc1c(O)c(O)c(-c2c(O)c(-c3c4c(O)c(O)c(O)c(O)c4c(-c4c(O)c(O)c5oc6c(O)c7c(O)c(O)c(O)c(O)c7c(O)c6c5c4O)c4c(O)c(O)c(O)c(O)c34)c(O)c3c(O)c(O)c(O)c(O)c23)c(O)c1O. The molecule has 386 valence electrons. The number of hydrogen-bond donors (Lipinski definition) is 28. The summed E-state index contributed by atoms with van der Waals surface area (Å²) in [4.78, 5) is 0. The van der Waals surface area contributed by atoms with Crippen LogP contribution in [0.2, 0.25) is 0 Å². The monoisotopic (exact) mass is 1040 g/mol. The number of fused-ring (bicyclic) bond motifs is 7. The Bertz CT molecular complexity index is 4330. The van der Waals surface area contributed by atoms with Crippen LogP contribution in [0, 0.1) is 0 Å². The zero-order valence-electron chi connectivity index (χ0n) is 35.9. The van der Waals surface area contributed by atoms with Gasteiger partial charge >= 0.3 is 0 Å². The minimum atomic E-state index is -1.89. The van der Waals surface area contributed by atoms with E-state index in [1.54, 1.807) is 0 Å². The fourth-order valence-corrected chi connectivity index (χ4v) is 9.49. The quantitative estimate of drug-likeness (QED) is 0.0631. The van der Waals surface area contributed by atoms with Crippen molar-refractivity contribution < 1.29 is 147 Å². The summed E-state index contributed by atoms with van der Waals surface area (Å²) in [6.07, 6.45) is 0. The van der Waals surface area contributed by atoms with Gasteiger partial charge in [0, 0.05) is 43.6 Å². The lowest BCUT2D eigenvalue weighted by Crippen LogP contribution is -1.98. The molecule has 1 heterocycles. The molecule has 0 saturated heterocycles. The standard InChI is InChI=1S/C46H28O29/c47-17-7(12-27(57)41(71)43(73)42(72)28(12)58)8-11(26(56)38(68)37(67)25(8)55)18(48)9(17)1-3-5(23(53)35(65)33(63)21(3)51)2(6-4(1)22(52)34(64)36(66)24(6)54)10-19(49)16-15-20(50)13-14(30(60)40(70)39(69)29(13)59)32(62)45(15)75-46(16)44(74)31(10)61/h47-74H. The lowest BCUT2D eigenvalue weighted by Gasteiger charge is -2.25. The van der Waals surface area contributed by atoms with E-state index in [0.717, 1.165) is 0 Å². The maximum atomic E-state index is 12.4. The molecule has 0 amide bonds.